The van der Waals surface area contributed by atoms with E-state index in [4.69, 9.17) is 4.74 Å². The van der Waals surface area contributed by atoms with Crippen LogP contribution in [-0.4, -0.2) is 18.7 Å². The molecule has 1 spiro atoms. The van der Waals surface area contributed by atoms with Crippen molar-refractivity contribution in [3.8, 4) is 0 Å². The first kappa shape index (κ1) is 15.1. The smallest absolute Gasteiger partial charge is 0.0957 e. The van der Waals surface area contributed by atoms with Crippen LogP contribution in [-0.2, 0) is 4.74 Å². The first-order chi connectivity index (χ1) is 10.1. The van der Waals surface area contributed by atoms with Gasteiger partial charge in [-0.25, -0.2) is 0 Å². The summed E-state index contributed by atoms with van der Waals surface area (Å²) in [5.41, 5.74) is 4.15. The standard InChI is InChI=1S/C19H29NO/c1-4-16-7-9-19(10-8-16)13-20-12-18(21-19)17-6-5-14(2)15(3)11-17/h5-6,11,16,18,20H,4,7-10,12-13H2,1-3H3. The predicted octanol–water partition coefficient (Wildman–Crippen LogP) is 4.30. The van der Waals surface area contributed by atoms with E-state index in [0.717, 1.165) is 19.0 Å². The summed E-state index contributed by atoms with van der Waals surface area (Å²) >= 11 is 0. The minimum atomic E-state index is 0.0907. The molecule has 1 N–H and O–H groups in total. The molecule has 1 unspecified atom stereocenters. The first-order valence-corrected chi connectivity index (χ1v) is 8.57. The van der Waals surface area contributed by atoms with Crippen molar-refractivity contribution in [1.82, 2.24) is 5.32 Å². The van der Waals surface area contributed by atoms with Gasteiger partial charge in [-0.05, 0) is 62.1 Å². The number of nitrogens with one attached hydrogen (secondary N) is 1. The van der Waals surface area contributed by atoms with Crippen LogP contribution in [0.15, 0.2) is 18.2 Å². The lowest BCUT2D eigenvalue weighted by Crippen LogP contribution is -2.52. The summed E-state index contributed by atoms with van der Waals surface area (Å²) in [6, 6.07) is 6.77. The molecule has 0 amide bonds. The van der Waals surface area contributed by atoms with E-state index in [1.807, 2.05) is 0 Å². The van der Waals surface area contributed by atoms with Gasteiger partial charge in [0.1, 0.15) is 0 Å². The fourth-order valence-electron chi connectivity index (χ4n) is 3.87. The van der Waals surface area contributed by atoms with E-state index in [1.54, 1.807) is 0 Å². The molecule has 1 aliphatic carbocycles. The van der Waals surface area contributed by atoms with Crippen LogP contribution in [0.3, 0.4) is 0 Å². The van der Waals surface area contributed by atoms with Crippen molar-refractivity contribution in [1.29, 1.82) is 0 Å². The Morgan fingerprint density at radius 2 is 1.95 bits per heavy atom. The van der Waals surface area contributed by atoms with Gasteiger partial charge >= 0.3 is 0 Å². The maximum Gasteiger partial charge on any atom is 0.0957 e. The molecule has 2 fully saturated rings. The van der Waals surface area contributed by atoms with Crippen LogP contribution in [0.25, 0.3) is 0 Å². The molecular weight excluding hydrogens is 258 g/mol. The molecule has 21 heavy (non-hydrogen) atoms. The van der Waals surface area contributed by atoms with Gasteiger partial charge in [0.25, 0.3) is 0 Å². The van der Waals surface area contributed by atoms with Crippen molar-refractivity contribution < 1.29 is 4.74 Å². The number of benzene rings is 1. The molecular formula is C19H29NO. The number of aryl methyl sites for hydroxylation is 2. The molecule has 2 aliphatic rings. The largest absolute Gasteiger partial charge is 0.364 e. The van der Waals surface area contributed by atoms with E-state index in [-0.39, 0.29) is 11.7 Å². The molecule has 1 saturated carbocycles. The first-order valence-electron chi connectivity index (χ1n) is 8.57. The van der Waals surface area contributed by atoms with Crippen molar-refractivity contribution in [2.24, 2.45) is 5.92 Å². The third kappa shape index (κ3) is 3.17. The predicted molar refractivity (Wildman–Crippen MR) is 87.6 cm³/mol. The van der Waals surface area contributed by atoms with Crippen LogP contribution in [0.2, 0.25) is 0 Å². The van der Waals surface area contributed by atoms with Crippen LogP contribution >= 0.6 is 0 Å². The van der Waals surface area contributed by atoms with Crippen LogP contribution in [0, 0.1) is 19.8 Å². The molecule has 0 radical (unpaired) electrons. The molecule has 116 valence electrons. The fourth-order valence-corrected chi connectivity index (χ4v) is 3.87. The van der Waals surface area contributed by atoms with Crippen molar-refractivity contribution in [2.75, 3.05) is 13.1 Å². The third-order valence-corrected chi connectivity index (χ3v) is 5.67. The Morgan fingerprint density at radius 3 is 2.62 bits per heavy atom. The molecule has 0 bridgehead atoms. The van der Waals surface area contributed by atoms with Gasteiger partial charge in [0, 0.05) is 13.1 Å². The second-order valence-corrected chi connectivity index (χ2v) is 7.12. The number of morpholine rings is 1. The highest BCUT2D eigenvalue weighted by molar-refractivity contribution is 5.31. The summed E-state index contributed by atoms with van der Waals surface area (Å²) in [6.45, 7) is 8.66. The van der Waals surface area contributed by atoms with E-state index in [2.05, 4.69) is 44.3 Å². The molecule has 1 saturated heterocycles. The van der Waals surface area contributed by atoms with Crippen molar-refractivity contribution in [3.05, 3.63) is 34.9 Å². The zero-order chi connectivity index (χ0) is 14.9. The normalized spacial score (nSPS) is 33.3. The monoisotopic (exact) mass is 287 g/mol. The minimum absolute atomic E-state index is 0.0907. The number of rotatable bonds is 2. The van der Waals surface area contributed by atoms with Gasteiger partial charge in [-0.1, -0.05) is 31.5 Å². The zero-order valence-corrected chi connectivity index (χ0v) is 13.7. The van der Waals surface area contributed by atoms with Gasteiger partial charge in [0.2, 0.25) is 0 Å². The molecule has 1 aromatic carbocycles. The van der Waals surface area contributed by atoms with Gasteiger partial charge < -0.3 is 10.1 Å². The highest BCUT2D eigenvalue weighted by atomic mass is 16.5. The number of ether oxygens (including phenoxy) is 1. The summed E-state index contributed by atoms with van der Waals surface area (Å²) in [5, 5.41) is 3.64. The number of hydrogen-bond acceptors (Lipinski definition) is 2. The summed E-state index contributed by atoms with van der Waals surface area (Å²) in [5.74, 6) is 0.918. The second kappa shape index (κ2) is 6.10. The van der Waals surface area contributed by atoms with Crippen molar-refractivity contribution in [2.45, 2.75) is 64.6 Å². The van der Waals surface area contributed by atoms with Gasteiger partial charge in [0.05, 0.1) is 11.7 Å². The SMILES string of the molecule is CCC1CCC2(CC1)CNCC(c1ccc(C)c(C)c1)O2. The Labute approximate surface area is 129 Å². The Hall–Kier alpha value is -0.860. The minimum Gasteiger partial charge on any atom is -0.364 e. The number of hydrogen-bond donors (Lipinski definition) is 1. The maximum atomic E-state index is 6.63. The average Bonchev–Trinajstić information content (AvgIpc) is 2.51. The Morgan fingerprint density at radius 1 is 1.19 bits per heavy atom. The second-order valence-electron chi connectivity index (χ2n) is 7.12. The summed E-state index contributed by atoms with van der Waals surface area (Å²) in [7, 11) is 0. The molecule has 0 aromatic heterocycles. The molecule has 2 heteroatoms. The highest BCUT2D eigenvalue weighted by Crippen LogP contribution is 2.40. The molecule has 1 atom stereocenters. The zero-order valence-electron chi connectivity index (χ0n) is 13.7. The van der Waals surface area contributed by atoms with Crippen LogP contribution < -0.4 is 5.32 Å². The summed E-state index contributed by atoms with van der Waals surface area (Å²) < 4.78 is 6.63. The van der Waals surface area contributed by atoms with Gasteiger partial charge in [-0.2, -0.15) is 0 Å². The maximum absolute atomic E-state index is 6.63. The van der Waals surface area contributed by atoms with E-state index in [1.165, 1.54) is 48.8 Å². The van der Waals surface area contributed by atoms with Crippen LogP contribution in [0.1, 0.15) is 61.8 Å². The third-order valence-electron chi connectivity index (χ3n) is 5.67. The van der Waals surface area contributed by atoms with Gasteiger partial charge in [-0.3, -0.25) is 0 Å². The highest BCUT2D eigenvalue weighted by Gasteiger charge is 2.40. The van der Waals surface area contributed by atoms with Crippen molar-refractivity contribution >= 4 is 0 Å². The van der Waals surface area contributed by atoms with E-state index in [9.17, 15) is 0 Å². The average molecular weight is 287 g/mol. The Bertz CT molecular complexity index is 488. The lowest BCUT2D eigenvalue weighted by atomic mass is 9.77. The lowest BCUT2D eigenvalue weighted by Gasteiger charge is -2.46. The van der Waals surface area contributed by atoms with E-state index >= 15 is 0 Å². The van der Waals surface area contributed by atoms with Gasteiger partial charge in [-0.15, -0.1) is 0 Å². The van der Waals surface area contributed by atoms with Crippen LogP contribution in [0.5, 0.6) is 0 Å². The van der Waals surface area contributed by atoms with E-state index < -0.39 is 0 Å². The lowest BCUT2D eigenvalue weighted by molar-refractivity contribution is -0.141. The molecule has 1 aromatic rings. The summed E-state index contributed by atoms with van der Waals surface area (Å²) in [6.07, 6.45) is 6.65. The topological polar surface area (TPSA) is 21.3 Å². The summed E-state index contributed by atoms with van der Waals surface area (Å²) in [4.78, 5) is 0. The fraction of sp³-hybridized carbons (Fsp3) is 0.684. The van der Waals surface area contributed by atoms with Crippen molar-refractivity contribution in [3.63, 3.8) is 0 Å². The Kier molecular flexibility index (Phi) is 4.37. The molecule has 1 aliphatic heterocycles. The van der Waals surface area contributed by atoms with E-state index in [0.29, 0.717) is 0 Å². The Balaban J connectivity index is 1.72. The quantitative estimate of drug-likeness (QED) is 0.875. The molecule has 2 nitrogen and oxygen atoms in total. The van der Waals surface area contributed by atoms with Gasteiger partial charge in [0.15, 0.2) is 0 Å². The molecule has 1 heterocycles. The molecule has 3 rings (SSSR count). The van der Waals surface area contributed by atoms with Crippen LogP contribution in [0.4, 0.5) is 0 Å².